The van der Waals surface area contributed by atoms with Gasteiger partial charge in [-0.3, -0.25) is 4.90 Å². The molecule has 0 aliphatic carbocycles. The quantitative estimate of drug-likeness (QED) is 0.800. The van der Waals surface area contributed by atoms with Crippen molar-refractivity contribution in [1.82, 2.24) is 9.62 Å². The molecule has 1 N–H and O–H groups in total. The van der Waals surface area contributed by atoms with E-state index in [1.807, 2.05) is 0 Å². The van der Waals surface area contributed by atoms with Gasteiger partial charge in [-0.25, -0.2) is 21.6 Å². The molecule has 0 radical (unpaired) electrons. The Hall–Kier alpha value is -0.180. The SMILES string of the molecule is CC(C)(C)N1CCC[C@H](NS(=O)(=O)CS(C)(=O)=O)C1. The Labute approximate surface area is 116 Å². The number of hydrogen-bond donors (Lipinski definition) is 1. The molecule has 0 amide bonds. The highest BCUT2D eigenvalue weighted by molar-refractivity contribution is 8.06. The summed E-state index contributed by atoms with van der Waals surface area (Å²) in [6.45, 7) is 7.81. The van der Waals surface area contributed by atoms with Gasteiger partial charge in [-0.1, -0.05) is 0 Å². The van der Waals surface area contributed by atoms with E-state index < -0.39 is 24.9 Å². The first-order valence-electron chi connectivity index (χ1n) is 6.32. The van der Waals surface area contributed by atoms with Gasteiger partial charge >= 0.3 is 0 Å². The maximum atomic E-state index is 11.8. The van der Waals surface area contributed by atoms with Crippen LogP contribution in [0, 0.1) is 0 Å². The maximum Gasteiger partial charge on any atom is 0.226 e. The molecule has 1 rings (SSSR count). The van der Waals surface area contributed by atoms with Crippen LogP contribution in [0.4, 0.5) is 0 Å². The number of hydrogen-bond acceptors (Lipinski definition) is 5. The van der Waals surface area contributed by atoms with Gasteiger partial charge in [-0.2, -0.15) is 0 Å². The van der Waals surface area contributed by atoms with Crippen molar-refractivity contribution >= 4 is 19.9 Å². The minimum atomic E-state index is -3.77. The number of piperidine rings is 1. The molecular formula is C11H24N2O4S2. The summed E-state index contributed by atoms with van der Waals surface area (Å²) in [6.07, 6.45) is 2.58. The number of likely N-dealkylation sites (tertiary alicyclic amines) is 1. The zero-order valence-electron chi connectivity index (χ0n) is 12.0. The second-order valence-electron chi connectivity index (χ2n) is 6.23. The van der Waals surface area contributed by atoms with Crippen LogP contribution in [0.2, 0.25) is 0 Å². The second-order valence-corrected chi connectivity index (χ2v) is 10.5. The van der Waals surface area contributed by atoms with Crippen molar-refractivity contribution in [3.8, 4) is 0 Å². The van der Waals surface area contributed by atoms with E-state index in [9.17, 15) is 16.8 Å². The lowest BCUT2D eigenvalue weighted by Crippen LogP contribution is -2.54. The first kappa shape index (κ1) is 16.9. The van der Waals surface area contributed by atoms with E-state index in [-0.39, 0.29) is 11.6 Å². The summed E-state index contributed by atoms with van der Waals surface area (Å²) < 4.78 is 48.2. The van der Waals surface area contributed by atoms with Crippen molar-refractivity contribution < 1.29 is 16.8 Å². The lowest BCUT2D eigenvalue weighted by atomic mass is 9.99. The number of sulfone groups is 1. The lowest BCUT2D eigenvalue weighted by Gasteiger charge is -2.41. The molecule has 1 atom stereocenters. The summed E-state index contributed by atoms with van der Waals surface area (Å²) in [4.78, 5) is 2.21. The standard InChI is InChI=1S/C11H24N2O4S2/c1-11(2,3)13-7-5-6-10(8-13)12-19(16,17)9-18(4,14)15/h10,12H,5-9H2,1-4H3/t10-/m0/s1. The Morgan fingerprint density at radius 1 is 1.21 bits per heavy atom. The van der Waals surface area contributed by atoms with Gasteiger partial charge in [0.15, 0.2) is 14.9 Å². The van der Waals surface area contributed by atoms with E-state index in [4.69, 9.17) is 0 Å². The summed E-state index contributed by atoms with van der Waals surface area (Å²) in [5.41, 5.74) is -0.0130. The molecule has 0 aromatic heterocycles. The predicted octanol–water partition coefficient (Wildman–Crippen LogP) is 0.171. The molecule has 1 heterocycles. The molecule has 19 heavy (non-hydrogen) atoms. The van der Waals surface area contributed by atoms with Crippen molar-refractivity contribution in [2.75, 3.05) is 24.4 Å². The van der Waals surface area contributed by atoms with Gasteiger partial charge < -0.3 is 0 Å². The Kier molecular flexibility index (Phi) is 5.03. The van der Waals surface area contributed by atoms with Gasteiger partial charge in [0.05, 0.1) is 0 Å². The van der Waals surface area contributed by atoms with Crippen LogP contribution in [0.3, 0.4) is 0 Å². The molecule has 0 bridgehead atoms. The van der Waals surface area contributed by atoms with Crippen molar-refractivity contribution in [3.63, 3.8) is 0 Å². The maximum absolute atomic E-state index is 11.8. The molecule has 6 nitrogen and oxygen atoms in total. The van der Waals surface area contributed by atoms with E-state index in [2.05, 4.69) is 30.4 Å². The third kappa shape index (κ3) is 6.20. The Balaban J connectivity index is 2.67. The highest BCUT2D eigenvalue weighted by Gasteiger charge is 2.30. The molecule has 0 spiro atoms. The molecule has 1 aliphatic rings. The molecule has 0 aromatic rings. The minimum Gasteiger partial charge on any atom is -0.297 e. The number of sulfonamides is 1. The molecule has 8 heteroatoms. The Morgan fingerprint density at radius 2 is 1.79 bits per heavy atom. The predicted molar refractivity (Wildman–Crippen MR) is 76.1 cm³/mol. The number of rotatable bonds is 4. The fourth-order valence-corrected chi connectivity index (χ4v) is 5.48. The zero-order chi connectivity index (χ0) is 14.9. The molecule has 0 aromatic carbocycles. The summed E-state index contributed by atoms with van der Waals surface area (Å²) in [7, 11) is -7.31. The first-order chi connectivity index (χ1) is 8.39. The fourth-order valence-electron chi connectivity index (χ4n) is 2.25. The summed E-state index contributed by atoms with van der Waals surface area (Å²) in [5.74, 6) is 0. The van der Waals surface area contributed by atoms with E-state index in [0.717, 1.165) is 25.6 Å². The van der Waals surface area contributed by atoms with E-state index in [1.54, 1.807) is 0 Å². The van der Waals surface area contributed by atoms with E-state index >= 15 is 0 Å². The number of nitrogens with zero attached hydrogens (tertiary/aromatic N) is 1. The molecule has 0 unspecified atom stereocenters. The highest BCUT2D eigenvalue weighted by Crippen LogP contribution is 2.20. The van der Waals surface area contributed by atoms with Crippen molar-refractivity contribution in [2.45, 2.75) is 45.2 Å². The van der Waals surface area contributed by atoms with Crippen LogP contribution >= 0.6 is 0 Å². The third-order valence-electron chi connectivity index (χ3n) is 3.09. The lowest BCUT2D eigenvalue weighted by molar-refractivity contribution is 0.0962. The normalized spacial score (nSPS) is 23.5. The van der Waals surface area contributed by atoms with Crippen LogP contribution < -0.4 is 4.72 Å². The molecular weight excluding hydrogens is 288 g/mol. The molecule has 114 valence electrons. The van der Waals surface area contributed by atoms with Gasteiger partial charge in [-0.05, 0) is 40.2 Å². The molecule has 0 saturated carbocycles. The average Bonchev–Trinajstić information content (AvgIpc) is 2.11. The number of nitrogens with one attached hydrogen (secondary N) is 1. The molecule has 1 fully saturated rings. The van der Waals surface area contributed by atoms with Crippen LogP contribution in [0.25, 0.3) is 0 Å². The fraction of sp³-hybridized carbons (Fsp3) is 1.00. The Bertz CT molecular complexity index is 505. The monoisotopic (exact) mass is 312 g/mol. The topological polar surface area (TPSA) is 83.6 Å². The molecule has 1 aliphatic heterocycles. The van der Waals surface area contributed by atoms with Gasteiger partial charge in [0.1, 0.15) is 0 Å². The van der Waals surface area contributed by atoms with Crippen LogP contribution in [0.15, 0.2) is 0 Å². The van der Waals surface area contributed by atoms with Crippen molar-refractivity contribution in [2.24, 2.45) is 0 Å². The summed E-state index contributed by atoms with van der Waals surface area (Å²) >= 11 is 0. The summed E-state index contributed by atoms with van der Waals surface area (Å²) in [5, 5.41) is -0.841. The average molecular weight is 312 g/mol. The van der Waals surface area contributed by atoms with Crippen LogP contribution in [0.5, 0.6) is 0 Å². The summed E-state index contributed by atoms with van der Waals surface area (Å²) in [6, 6.07) is -0.209. The zero-order valence-corrected chi connectivity index (χ0v) is 13.6. The van der Waals surface area contributed by atoms with Crippen LogP contribution in [-0.2, 0) is 19.9 Å². The van der Waals surface area contributed by atoms with E-state index in [0.29, 0.717) is 6.54 Å². The molecule has 1 saturated heterocycles. The minimum absolute atomic E-state index is 0.0130. The first-order valence-corrected chi connectivity index (χ1v) is 10.0. The van der Waals surface area contributed by atoms with Crippen LogP contribution in [-0.4, -0.2) is 57.7 Å². The largest absolute Gasteiger partial charge is 0.297 e. The van der Waals surface area contributed by atoms with Crippen LogP contribution in [0.1, 0.15) is 33.6 Å². The third-order valence-corrected chi connectivity index (χ3v) is 6.73. The highest BCUT2D eigenvalue weighted by atomic mass is 32.3. The van der Waals surface area contributed by atoms with Crippen molar-refractivity contribution in [1.29, 1.82) is 0 Å². The van der Waals surface area contributed by atoms with Gasteiger partial charge in [-0.15, -0.1) is 0 Å². The smallest absolute Gasteiger partial charge is 0.226 e. The van der Waals surface area contributed by atoms with Crippen molar-refractivity contribution in [3.05, 3.63) is 0 Å². The van der Waals surface area contributed by atoms with Gasteiger partial charge in [0, 0.05) is 24.4 Å². The van der Waals surface area contributed by atoms with E-state index in [1.165, 1.54) is 0 Å². The van der Waals surface area contributed by atoms with Gasteiger partial charge in [0.2, 0.25) is 10.0 Å². The second kappa shape index (κ2) is 5.67. The van der Waals surface area contributed by atoms with Gasteiger partial charge in [0.25, 0.3) is 0 Å². The Morgan fingerprint density at radius 3 is 2.26 bits per heavy atom.